The average Bonchev–Trinajstić information content (AvgIpc) is 3.92. The molecule has 8 rings (SSSR count). The van der Waals surface area contributed by atoms with E-state index in [1.54, 1.807) is 56.6 Å². The van der Waals surface area contributed by atoms with E-state index < -0.39 is 65.0 Å². The highest BCUT2D eigenvalue weighted by Gasteiger charge is 2.63. The second-order valence-corrected chi connectivity index (χ2v) is 13.4. The highest BCUT2D eigenvalue weighted by atomic mass is 16.7. The molecule has 4 fully saturated rings. The summed E-state index contributed by atoms with van der Waals surface area (Å²) in [5.41, 5.74) is -2.03. The fourth-order valence-corrected chi connectivity index (χ4v) is 7.30. The molecule has 0 saturated carbocycles. The third-order valence-corrected chi connectivity index (χ3v) is 10.1. The number of aromatic amines is 1. The number of carbonyl (C=O) groups excluding carboxylic acids is 1. The van der Waals surface area contributed by atoms with Crippen molar-refractivity contribution in [3.8, 4) is 0 Å². The number of hydrogen-bond acceptors (Lipinski definition) is 13. The van der Waals surface area contributed by atoms with Gasteiger partial charge < -0.3 is 34.1 Å². The Hall–Kier alpha value is -4.85. The molecule has 3 aromatic heterocycles. The number of amides is 1. The van der Waals surface area contributed by atoms with Crippen molar-refractivity contribution in [3.63, 3.8) is 0 Å². The van der Waals surface area contributed by atoms with E-state index in [4.69, 9.17) is 23.7 Å². The molecule has 4 aromatic rings. The van der Waals surface area contributed by atoms with Gasteiger partial charge in [0.05, 0.1) is 32.6 Å². The Labute approximate surface area is 288 Å². The number of aliphatic hydroxyl groups excluding tert-OH is 1. The van der Waals surface area contributed by atoms with Crippen molar-refractivity contribution < 1.29 is 33.6 Å². The number of aryl methyl sites for hydroxylation is 2. The summed E-state index contributed by atoms with van der Waals surface area (Å²) < 4.78 is 35.1. The second kappa shape index (κ2) is 12.4. The molecule has 0 radical (unpaired) electrons. The number of nitrogens with one attached hydrogen (secondary N) is 2. The highest BCUT2D eigenvalue weighted by molar-refractivity contribution is 6.04. The normalized spacial score (nSPS) is 30.7. The molecule has 8 atom stereocenters. The summed E-state index contributed by atoms with van der Waals surface area (Å²) in [6.45, 7) is 5.70. The van der Waals surface area contributed by atoms with Gasteiger partial charge in [0.25, 0.3) is 11.5 Å². The zero-order chi connectivity index (χ0) is 35.7. The molecule has 4 aliphatic heterocycles. The number of fused-ring (bicyclic) bond motifs is 4. The summed E-state index contributed by atoms with van der Waals surface area (Å²) in [4.78, 5) is 56.7. The minimum Gasteiger partial charge on any atom is -0.387 e. The number of carbonyl (C=O) groups is 1. The predicted molar refractivity (Wildman–Crippen MR) is 174 cm³/mol. The van der Waals surface area contributed by atoms with Gasteiger partial charge in [0.1, 0.15) is 47.1 Å². The topological polar surface area (TPSA) is 216 Å². The number of nitrogens with zero attached hydrogens (tertiary/aromatic N) is 6. The van der Waals surface area contributed by atoms with E-state index >= 15 is 0 Å². The molecule has 268 valence electrons. The van der Waals surface area contributed by atoms with Crippen molar-refractivity contribution in [2.75, 3.05) is 18.5 Å². The Morgan fingerprint density at radius 3 is 2.49 bits per heavy atom. The van der Waals surface area contributed by atoms with Gasteiger partial charge in [0.15, 0.2) is 12.5 Å². The van der Waals surface area contributed by atoms with Gasteiger partial charge in [-0.15, -0.1) is 5.10 Å². The van der Waals surface area contributed by atoms with Crippen LogP contribution in [0.1, 0.15) is 53.0 Å². The zero-order valence-electron chi connectivity index (χ0n) is 27.9. The Morgan fingerprint density at radius 2 is 1.71 bits per heavy atom. The SMILES string of the molecule is CC[C@]12CO[C@@H](C1OCc1cn(C[C@]34CO[C@@H](C3O)[C@H](n3cc(C)c(=O)[nH]c3=O)O4)nn1)[C@H](n1cc(C)c(NC(=O)c3ccccc3)nc1=O)O2. The number of hydrogen-bond donors (Lipinski definition) is 3. The van der Waals surface area contributed by atoms with E-state index in [1.807, 2.05) is 6.92 Å². The first kappa shape index (κ1) is 33.3. The molecule has 7 heterocycles. The van der Waals surface area contributed by atoms with Crippen LogP contribution >= 0.6 is 0 Å². The van der Waals surface area contributed by atoms with Crippen LogP contribution in [0.5, 0.6) is 0 Å². The molecule has 0 spiro atoms. The van der Waals surface area contributed by atoms with E-state index in [-0.39, 0.29) is 38.1 Å². The van der Waals surface area contributed by atoms with Gasteiger partial charge in [0.2, 0.25) is 0 Å². The molecule has 0 aliphatic carbocycles. The average molecular weight is 705 g/mol. The third kappa shape index (κ3) is 5.54. The van der Waals surface area contributed by atoms with Crippen molar-refractivity contribution >= 4 is 11.7 Å². The zero-order valence-corrected chi connectivity index (χ0v) is 27.9. The minimum atomic E-state index is -1.21. The van der Waals surface area contributed by atoms with Crippen LogP contribution in [0.3, 0.4) is 0 Å². The largest absolute Gasteiger partial charge is 0.387 e. The number of anilines is 1. The molecule has 4 saturated heterocycles. The smallest absolute Gasteiger partial charge is 0.351 e. The molecule has 1 aromatic carbocycles. The van der Waals surface area contributed by atoms with Crippen LogP contribution in [0.4, 0.5) is 5.82 Å². The van der Waals surface area contributed by atoms with Gasteiger partial charge in [-0.05, 0) is 32.4 Å². The van der Waals surface area contributed by atoms with Crippen LogP contribution in [0.15, 0.2) is 63.3 Å². The van der Waals surface area contributed by atoms with Crippen molar-refractivity contribution in [2.45, 2.75) is 88.4 Å². The number of ether oxygens (including phenoxy) is 5. The first-order chi connectivity index (χ1) is 24.5. The Morgan fingerprint density at radius 1 is 1.00 bits per heavy atom. The van der Waals surface area contributed by atoms with Crippen LogP contribution in [0, 0.1) is 13.8 Å². The lowest BCUT2D eigenvalue weighted by atomic mass is 9.96. The lowest BCUT2D eigenvalue weighted by Gasteiger charge is -2.31. The van der Waals surface area contributed by atoms with Gasteiger partial charge in [0, 0.05) is 29.1 Å². The number of benzene rings is 1. The highest BCUT2D eigenvalue weighted by Crippen LogP contribution is 2.48. The van der Waals surface area contributed by atoms with E-state index in [0.29, 0.717) is 28.8 Å². The van der Waals surface area contributed by atoms with Crippen LogP contribution in [0.25, 0.3) is 0 Å². The van der Waals surface area contributed by atoms with Crippen molar-refractivity contribution in [1.29, 1.82) is 0 Å². The van der Waals surface area contributed by atoms with E-state index in [9.17, 15) is 24.3 Å². The molecular weight excluding hydrogens is 668 g/mol. The first-order valence-electron chi connectivity index (χ1n) is 16.6. The van der Waals surface area contributed by atoms with Crippen LogP contribution in [-0.4, -0.2) is 93.9 Å². The third-order valence-electron chi connectivity index (χ3n) is 10.1. The summed E-state index contributed by atoms with van der Waals surface area (Å²) in [7, 11) is 0. The Balaban J connectivity index is 0.947. The summed E-state index contributed by atoms with van der Waals surface area (Å²) in [6, 6.07) is 8.64. The number of aliphatic hydroxyl groups is 1. The summed E-state index contributed by atoms with van der Waals surface area (Å²) >= 11 is 0. The van der Waals surface area contributed by atoms with Crippen LogP contribution < -0.4 is 22.3 Å². The minimum absolute atomic E-state index is 0.0448. The maximum atomic E-state index is 13.3. The fraction of sp³-hybridized carbons (Fsp3) is 0.485. The summed E-state index contributed by atoms with van der Waals surface area (Å²) in [5.74, 6) is -0.228. The molecule has 18 nitrogen and oxygen atoms in total. The van der Waals surface area contributed by atoms with E-state index in [0.717, 1.165) is 0 Å². The van der Waals surface area contributed by atoms with Gasteiger partial charge in [-0.2, -0.15) is 4.98 Å². The Kier molecular flexibility index (Phi) is 8.12. The maximum absolute atomic E-state index is 13.3. The van der Waals surface area contributed by atoms with Gasteiger partial charge in [-0.1, -0.05) is 30.3 Å². The quantitative estimate of drug-likeness (QED) is 0.198. The lowest BCUT2D eigenvalue weighted by Crippen LogP contribution is -2.45. The number of H-pyrrole nitrogens is 1. The van der Waals surface area contributed by atoms with Gasteiger partial charge in [-0.3, -0.25) is 23.7 Å². The van der Waals surface area contributed by atoms with Crippen LogP contribution in [-0.2, 0) is 36.8 Å². The first-order valence-corrected chi connectivity index (χ1v) is 16.6. The lowest BCUT2D eigenvalue weighted by molar-refractivity contribution is -0.180. The van der Waals surface area contributed by atoms with Gasteiger partial charge >= 0.3 is 11.4 Å². The standard InChI is InChI=1S/C33H36N8O10/c1-4-32-15-49-22(29(50-32)40-10-17(2)25(35-30(40)45)34-27(44)19-8-6-5-7-9-19)24(32)47-13-20-12-39(38-37-20)14-33-16-48-21(23(33)42)28(51-33)41-11-18(3)26(43)36-31(41)46/h5-12,21-24,28-29,42H,4,13-16H2,1-3H3,(H,36,43,46)(H,34,35,44,45)/t21-,22-,23?,24?,28+,29+,32-,33-/m0/s1. The predicted octanol–water partition coefficient (Wildman–Crippen LogP) is -0.0568. The molecule has 18 heteroatoms. The van der Waals surface area contributed by atoms with Crippen molar-refractivity contribution in [3.05, 3.63) is 103 Å². The monoisotopic (exact) mass is 704 g/mol. The van der Waals surface area contributed by atoms with Crippen molar-refractivity contribution in [1.82, 2.24) is 34.1 Å². The Bertz CT molecular complexity index is 2170. The van der Waals surface area contributed by atoms with E-state index in [1.165, 1.54) is 20.0 Å². The fourth-order valence-electron chi connectivity index (χ4n) is 7.30. The van der Waals surface area contributed by atoms with E-state index in [2.05, 4.69) is 25.6 Å². The number of aromatic nitrogens is 7. The molecule has 1 amide bonds. The molecule has 4 aliphatic rings. The number of rotatable bonds is 10. The summed E-state index contributed by atoms with van der Waals surface area (Å²) in [6.07, 6.45) is 0.323. The molecule has 4 bridgehead atoms. The molecule has 2 unspecified atom stereocenters. The molecular formula is C33H36N8O10. The second-order valence-electron chi connectivity index (χ2n) is 13.4. The summed E-state index contributed by atoms with van der Waals surface area (Å²) in [5, 5.41) is 22.3. The van der Waals surface area contributed by atoms with Gasteiger partial charge in [-0.25, -0.2) is 14.3 Å². The maximum Gasteiger partial charge on any atom is 0.351 e. The van der Waals surface area contributed by atoms with Crippen LogP contribution in [0.2, 0.25) is 0 Å². The molecule has 3 N–H and O–H groups in total. The molecule has 51 heavy (non-hydrogen) atoms. The van der Waals surface area contributed by atoms with Crippen molar-refractivity contribution in [2.24, 2.45) is 0 Å².